The zero-order valence-electron chi connectivity index (χ0n) is 30.9. The Kier molecular flexibility index (Phi) is 8.06. The van der Waals surface area contributed by atoms with Gasteiger partial charge in [-0.05, 0) is 98.6 Å². The van der Waals surface area contributed by atoms with Crippen molar-refractivity contribution >= 4 is 40.3 Å². The fourth-order valence-electron chi connectivity index (χ4n) is 9.52. The number of hydrogen-bond acceptors (Lipinski definition) is 11. The van der Waals surface area contributed by atoms with E-state index in [1.165, 1.54) is 6.07 Å². The number of benzene rings is 2. The zero-order valence-corrected chi connectivity index (χ0v) is 30.9. The van der Waals surface area contributed by atoms with Crippen LogP contribution >= 0.6 is 0 Å². The number of phenolic OH excluding ortho intramolecular Hbond substituents is 1. The number of carbonyl (C=O) groups excluding carboxylic acids is 3. The van der Waals surface area contributed by atoms with Crippen LogP contribution in [-0.2, 0) is 22.7 Å². The number of fused-ring (bicyclic) bond motifs is 5. The van der Waals surface area contributed by atoms with Crippen molar-refractivity contribution in [3.63, 3.8) is 0 Å². The molecule has 5 aliphatic heterocycles. The maximum atomic E-state index is 14.2. The molecule has 56 heavy (non-hydrogen) atoms. The van der Waals surface area contributed by atoms with Gasteiger partial charge in [-0.15, -0.1) is 10.2 Å². The first-order valence-electron chi connectivity index (χ1n) is 19.3. The van der Waals surface area contributed by atoms with Gasteiger partial charge in [0.05, 0.1) is 29.2 Å². The number of carbonyl (C=O) groups is 3. The number of aromatic hydroxyl groups is 1. The van der Waals surface area contributed by atoms with E-state index in [9.17, 15) is 23.9 Å². The van der Waals surface area contributed by atoms with Crippen LogP contribution in [0, 0.1) is 5.82 Å². The van der Waals surface area contributed by atoms with Gasteiger partial charge >= 0.3 is 0 Å². The molecule has 0 radical (unpaired) electrons. The number of anilines is 2. The molecule has 0 aliphatic carbocycles. The van der Waals surface area contributed by atoms with Gasteiger partial charge in [-0.25, -0.2) is 14.1 Å². The van der Waals surface area contributed by atoms with Crippen LogP contribution in [0.2, 0.25) is 0 Å². The number of phenols is 1. The van der Waals surface area contributed by atoms with Gasteiger partial charge in [0.25, 0.3) is 5.91 Å². The molecule has 3 aromatic heterocycles. The molecule has 0 spiro atoms. The van der Waals surface area contributed by atoms with Crippen molar-refractivity contribution in [3.8, 4) is 17.0 Å². The molecule has 0 bridgehead atoms. The number of nitrogens with one attached hydrogen (secondary N) is 2. The molecular formula is C41H41FN10O4. The minimum Gasteiger partial charge on any atom is -0.504 e. The predicted molar refractivity (Wildman–Crippen MR) is 204 cm³/mol. The van der Waals surface area contributed by atoms with E-state index in [4.69, 9.17) is 10.1 Å². The first kappa shape index (κ1) is 34.5. The smallest absolute Gasteiger partial charge is 0.255 e. The van der Waals surface area contributed by atoms with Crippen LogP contribution in [0.5, 0.6) is 5.75 Å². The molecule has 3 amide bonds. The summed E-state index contributed by atoms with van der Waals surface area (Å²) < 4.78 is 16.2. The Morgan fingerprint density at radius 3 is 2.70 bits per heavy atom. The highest BCUT2D eigenvalue weighted by atomic mass is 19.1. The molecule has 15 heteroatoms. The first-order valence-corrected chi connectivity index (χ1v) is 19.3. The molecule has 3 fully saturated rings. The Bertz CT molecular complexity index is 2450. The summed E-state index contributed by atoms with van der Waals surface area (Å²) in [6.45, 7) is 6.59. The molecule has 2 aromatic carbocycles. The average molecular weight is 757 g/mol. The third kappa shape index (κ3) is 5.74. The van der Waals surface area contributed by atoms with Crippen LogP contribution in [0.4, 0.5) is 15.9 Å². The van der Waals surface area contributed by atoms with Gasteiger partial charge in [-0.2, -0.15) is 5.10 Å². The molecule has 0 saturated carbocycles. The quantitative estimate of drug-likeness (QED) is 0.209. The summed E-state index contributed by atoms with van der Waals surface area (Å²) in [7, 11) is 0. The number of amides is 3. The lowest BCUT2D eigenvalue weighted by Crippen LogP contribution is -2.52. The Balaban J connectivity index is 0.794. The molecule has 5 aromatic rings. The molecule has 3 N–H and O–H groups in total. The number of halogens is 1. The van der Waals surface area contributed by atoms with Crippen molar-refractivity contribution < 1.29 is 23.9 Å². The second-order valence-electron chi connectivity index (χ2n) is 16.1. The number of likely N-dealkylation sites (tertiary alicyclic amines) is 1. The van der Waals surface area contributed by atoms with Crippen LogP contribution in [0.15, 0.2) is 60.9 Å². The summed E-state index contributed by atoms with van der Waals surface area (Å²) in [5.41, 5.74) is 6.05. The van der Waals surface area contributed by atoms with Crippen LogP contribution in [-0.4, -0.2) is 95.3 Å². The molecule has 5 aliphatic rings. The number of pyridine rings is 1. The summed E-state index contributed by atoms with van der Waals surface area (Å²) in [5, 5.41) is 30.7. The summed E-state index contributed by atoms with van der Waals surface area (Å²) >= 11 is 0. The third-order valence-corrected chi connectivity index (χ3v) is 12.5. The number of rotatable bonds is 6. The highest BCUT2D eigenvalue weighted by molar-refractivity contribution is 6.05. The van der Waals surface area contributed by atoms with Crippen molar-refractivity contribution in [2.45, 2.75) is 75.7 Å². The van der Waals surface area contributed by atoms with Crippen LogP contribution in [0.3, 0.4) is 0 Å². The molecule has 0 unspecified atom stereocenters. The number of imide groups is 1. The molecule has 286 valence electrons. The van der Waals surface area contributed by atoms with Crippen LogP contribution in [0.25, 0.3) is 22.3 Å². The Morgan fingerprint density at radius 1 is 1.00 bits per heavy atom. The molecular weight excluding hydrogens is 716 g/mol. The van der Waals surface area contributed by atoms with Crippen molar-refractivity contribution in [3.05, 3.63) is 89.0 Å². The number of piperidine rings is 2. The van der Waals surface area contributed by atoms with Gasteiger partial charge < -0.3 is 20.2 Å². The summed E-state index contributed by atoms with van der Waals surface area (Å²) in [4.78, 5) is 48.8. The lowest BCUT2D eigenvalue weighted by molar-refractivity contribution is -0.136. The Morgan fingerprint density at radius 2 is 1.86 bits per heavy atom. The SMILES string of the molecule is C[C@@]12CNc3nnc(-c4cccc(F)c4O)cc3N1C[C@H](n1ncc3cc(CN4CCC(c5ccc6c(c5)C(=O)N([C@H]5CCC(=O)NC5=O)C6)CC4)cnc31)C2. The van der Waals surface area contributed by atoms with Gasteiger partial charge in [-0.3, -0.25) is 24.6 Å². The minimum absolute atomic E-state index is 0.0526. The Hall–Kier alpha value is -5.96. The highest BCUT2D eigenvalue weighted by Crippen LogP contribution is 2.46. The van der Waals surface area contributed by atoms with Gasteiger partial charge in [0.1, 0.15) is 6.04 Å². The van der Waals surface area contributed by atoms with Crippen molar-refractivity contribution in [2.24, 2.45) is 0 Å². The highest BCUT2D eigenvalue weighted by Gasteiger charge is 2.47. The first-order chi connectivity index (χ1) is 27.1. The number of aromatic nitrogens is 5. The molecule has 3 saturated heterocycles. The summed E-state index contributed by atoms with van der Waals surface area (Å²) in [6.07, 6.45) is 7.24. The minimum atomic E-state index is -0.703. The lowest BCUT2D eigenvalue weighted by Gasteiger charge is -2.41. The molecule has 10 rings (SSSR count). The number of hydrogen-bond donors (Lipinski definition) is 3. The fourth-order valence-corrected chi connectivity index (χ4v) is 9.52. The summed E-state index contributed by atoms with van der Waals surface area (Å²) in [6, 6.07) is 14.1. The van der Waals surface area contributed by atoms with E-state index in [0.29, 0.717) is 54.6 Å². The number of nitrogens with zero attached hydrogens (tertiary/aromatic N) is 8. The molecule has 8 heterocycles. The summed E-state index contributed by atoms with van der Waals surface area (Å²) in [5.74, 6) is -0.953. The topological polar surface area (TPSA) is 162 Å². The van der Waals surface area contributed by atoms with E-state index in [0.717, 1.165) is 72.3 Å². The molecule has 14 nitrogen and oxygen atoms in total. The standard InChI is InChI=1S/C41H41FN10O4/c1-41-16-28(21-51(41)34-15-32(47-48-37(34)44-22-41)29-3-2-4-31(42)36(29)54)52-38-27(18-45-52)13-23(17-43-38)19-49-11-9-24(10-12-49)25-5-6-26-20-50(40(56)30(26)14-25)33-7-8-35(53)46-39(33)55/h2-6,13-15,17-18,24,28,33,54H,7-12,16,19-22H2,1H3,(H,44,48)(H,46,53,55)/t28-,33+,41-/m1/s1. The van der Waals surface area contributed by atoms with Gasteiger partial charge in [0.15, 0.2) is 23.0 Å². The maximum absolute atomic E-state index is 14.2. The lowest BCUT2D eigenvalue weighted by atomic mass is 9.87. The predicted octanol–water partition coefficient (Wildman–Crippen LogP) is 4.51. The third-order valence-electron chi connectivity index (χ3n) is 12.5. The van der Waals surface area contributed by atoms with E-state index >= 15 is 0 Å². The Labute approximate surface area is 321 Å². The van der Waals surface area contributed by atoms with Crippen molar-refractivity contribution in [1.82, 2.24) is 40.1 Å². The zero-order chi connectivity index (χ0) is 38.3. The largest absolute Gasteiger partial charge is 0.504 e. The van der Waals surface area contributed by atoms with Crippen molar-refractivity contribution in [2.75, 3.05) is 36.4 Å². The molecule has 3 atom stereocenters. The average Bonchev–Trinajstić information content (AvgIpc) is 3.88. The van der Waals surface area contributed by atoms with E-state index in [1.54, 1.807) is 17.0 Å². The second kappa shape index (κ2) is 13.1. The maximum Gasteiger partial charge on any atom is 0.255 e. The van der Waals surface area contributed by atoms with E-state index in [1.807, 2.05) is 35.3 Å². The normalized spacial score (nSPS) is 23.9. The monoisotopic (exact) mass is 756 g/mol. The number of para-hydroxylation sites is 1. The van der Waals surface area contributed by atoms with Gasteiger partial charge in [-0.1, -0.05) is 18.2 Å². The second-order valence-corrected chi connectivity index (χ2v) is 16.1. The van der Waals surface area contributed by atoms with Crippen LogP contribution in [0.1, 0.15) is 78.0 Å². The van der Waals surface area contributed by atoms with Crippen LogP contribution < -0.4 is 15.5 Å². The van der Waals surface area contributed by atoms with E-state index in [-0.39, 0.29) is 35.7 Å². The van der Waals surface area contributed by atoms with Crippen molar-refractivity contribution in [1.29, 1.82) is 0 Å². The fraction of sp³-hybridized carbons (Fsp3) is 0.390. The van der Waals surface area contributed by atoms with E-state index < -0.39 is 17.6 Å². The van der Waals surface area contributed by atoms with Gasteiger partial charge in [0.2, 0.25) is 11.8 Å². The van der Waals surface area contributed by atoms with E-state index in [2.05, 4.69) is 49.7 Å². The van der Waals surface area contributed by atoms with Gasteiger partial charge in [0, 0.05) is 55.3 Å².